The van der Waals surface area contributed by atoms with Crippen LogP contribution in [0, 0.1) is 6.92 Å². The van der Waals surface area contributed by atoms with E-state index >= 15 is 0 Å². The van der Waals surface area contributed by atoms with Crippen LogP contribution in [0.3, 0.4) is 0 Å². The largest absolute Gasteiger partial charge is 0.463 e. The summed E-state index contributed by atoms with van der Waals surface area (Å²) in [5, 5.41) is 10.8. The van der Waals surface area contributed by atoms with Gasteiger partial charge in [0.15, 0.2) is 11.6 Å². The summed E-state index contributed by atoms with van der Waals surface area (Å²) in [6.07, 6.45) is 1.54. The minimum Gasteiger partial charge on any atom is -0.463 e. The molecule has 1 aromatic carbocycles. The molecule has 0 spiro atoms. The number of amides is 2. The molecule has 0 saturated heterocycles. The second kappa shape index (κ2) is 8.08. The Kier molecular flexibility index (Phi) is 5.17. The molecule has 0 fully saturated rings. The fraction of sp³-hybridized carbons (Fsp3) is 0.143. The van der Waals surface area contributed by atoms with E-state index in [-0.39, 0.29) is 12.5 Å². The van der Waals surface area contributed by atoms with Crippen molar-refractivity contribution in [3.05, 3.63) is 72.3 Å². The number of furan rings is 1. The average Bonchev–Trinajstić information content (AvgIpc) is 3.48. The summed E-state index contributed by atoms with van der Waals surface area (Å²) in [5.41, 5.74) is 1.54. The first-order chi connectivity index (χ1) is 14.5. The lowest BCUT2D eigenvalue weighted by Crippen LogP contribution is -2.36. The van der Waals surface area contributed by atoms with Crippen LogP contribution in [0.1, 0.15) is 16.2 Å². The number of anilines is 1. The number of likely N-dealkylation sites (N-methyl/N-ethyl adjacent to an activating group) is 1. The maximum atomic E-state index is 13.1. The predicted octanol–water partition coefficient (Wildman–Crippen LogP) is 3.14. The smallest absolute Gasteiger partial charge is 0.272 e. The zero-order chi connectivity index (χ0) is 21.1. The third kappa shape index (κ3) is 4.00. The van der Waals surface area contributed by atoms with Crippen LogP contribution in [0.2, 0.25) is 0 Å². The quantitative estimate of drug-likeness (QED) is 0.528. The Hall–Kier alpha value is -4.14. The van der Waals surface area contributed by atoms with Crippen molar-refractivity contribution in [3.8, 4) is 17.1 Å². The Morgan fingerprint density at radius 2 is 1.93 bits per heavy atom. The van der Waals surface area contributed by atoms with Crippen molar-refractivity contribution >= 4 is 17.6 Å². The zero-order valence-corrected chi connectivity index (χ0v) is 16.4. The summed E-state index contributed by atoms with van der Waals surface area (Å²) in [6.45, 7) is 1.56. The van der Waals surface area contributed by atoms with Crippen molar-refractivity contribution in [3.63, 3.8) is 0 Å². The van der Waals surface area contributed by atoms with Crippen molar-refractivity contribution in [1.82, 2.24) is 19.8 Å². The number of hydrogen-bond donors (Lipinski definition) is 1. The van der Waals surface area contributed by atoms with Crippen LogP contribution in [0.4, 0.5) is 5.82 Å². The van der Waals surface area contributed by atoms with Gasteiger partial charge < -0.3 is 19.2 Å². The molecule has 9 nitrogen and oxygen atoms in total. The van der Waals surface area contributed by atoms with Crippen LogP contribution >= 0.6 is 0 Å². The Labute approximate surface area is 171 Å². The predicted molar refractivity (Wildman–Crippen MR) is 108 cm³/mol. The van der Waals surface area contributed by atoms with E-state index in [0.717, 1.165) is 5.69 Å². The number of aromatic nitrogens is 3. The van der Waals surface area contributed by atoms with Gasteiger partial charge >= 0.3 is 0 Å². The van der Waals surface area contributed by atoms with Crippen LogP contribution in [0.25, 0.3) is 17.1 Å². The summed E-state index contributed by atoms with van der Waals surface area (Å²) in [4.78, 5) is 26.7. The summed E-state index contributed by atoms with van der Waals surface area (Å²) in [7, 11) is 1.55. The van der Waals surface area contributed by atoms with Gasteiger partial charge in [0.2, 0.25) is 5.91 Å². The molecule has 0 aliphatic rings. The minimum absolute atomic E-state index is 0.166. The summed E-state index contributed by atoms with van der Waals surface area (Å²) >= 11 is 0. The lowest BCUT2D eigenvalue weighted by atomic mass is 10.2. The third-order valence-corrected chi connectivity index (χ3v) is 4.33. The number of rotatable bonds is 6. The number of para-hydroxylation sites is 1. The zero-order valence-electron chi connectivity index (χ0n) is 16.4. The highest BCUT2D eigenvalue weighted by molar-refractivity contribution is 5.98. The minimum atomic E-state index is -0.392. The molecule has 30 heavy (non-hydrogen) atoms. The van der Waals surface area contributed by atoms with Crippen molar-refractivity contribution in [2.45, 2.75) is 6.92 Å². The molecular formula is C21H19N5O4. The second-order valence-electron chi connectivity index (χ2n) is 6.67. The van der Waals surface area contributed by atoms with Gasteiger partial charge in [0, 0.05) is 19.2 Å². The highest BCUT2D eigenvalue weighted by atomic mass is 16.5. The van der Waals surface area contributed by atoms with E-state index in [4.69, 9.17) is 8.94 Å². The second-order valence-corrected chi connectivity index (χ2v) is 6.67. The van der Waals surface area contributed by atoms with Crippen molar-refractivity contribution in [2.75, 3.05) is 18.9 Å². The van der Waals surface area contributed by atoms with Crippen LogP contribution in [0.5, 0.6) is 0 Å². The standard InChI is InChI=1S/C21H19N5O4/c1-14-11-19(24-30-14)22-20(27)13-25(2)21(28)17-12-16(18-9-6-10-29-18)23-26(17)15-7-4-3-5-8-15/h3-12H,13H2,1-2H3,(H,22,24,27). The molecule has 0 bridgehead atoms. The Morgan fingerprint density at radius 1 is 1.13 bits per heavy atom. The number of carbonyl (C=O) groups excluding carboxylic acids is 2. The lowest BCUT2D eigenvalue weighted by molar-refractivity contribution is -0.116. The fourth-order valence-electron chi connectivity index (χ4n) is 2.93. The van der Waals surface area contributed by atoms with E-state index in [1.54, 1.807) is 44.5 Å². The first-order valence-electron chi connectivity index (χ1n) is 9.19. The van der Waals surface area contributed by atoms with Gasteiger partial charge in [0.05, 0.1) is 18.5 Å². The molecule has 1 N–H and O–H groups in total. The molecule has 0 aliphatic carbocycles. The van der Waals surface area contributed by atoms with E-state index in [0.29, 0.717) is 28.7 Å². The van der Waals surface area contributed by atoms with Crippen molar-refractivity contribution in [1.29, 1.82) is 0 Å². The van der Waals surface area contributed by atoms with Crippen LogP contribution in [-0.2, 0) is 4.79 Å². The molecule has 9 heteroatoms. The van der Waals surface area contributed by atoms with E-state index in [2.05, 4.69) is 15.6 Å². The van der Waals surface area contributed by atoms with Crippen LogP contribution in [0.15, 0.2) is 69.8 Å². The number of carbonyl (C=O) groups is 2. The third-order valence-electron chi connectivity index (χ3n) is 4.33. The first kappa shape index (κ1) is 19.2. The molecule has 0 unspecified atom stereocenters. The van der Waals surface area contributed by atoms with Crippen LogP contribution in [-0.4, -0.2) is 45.2 Å². The number of nitrogens with zero attached hydrogens (tertiary/aromatic N) is 4. The molecule has 0 radical (unpaired) electrons. The number of aryl methyl sites for hydroxylation is 1. The molecular weight excluding hydrogens is 386 g/mol. The van der Waals surface area contributed by atoms with Gasteiger partial charge in [-0.3, -0.25) is 9.59 Å². The average molecular weight is 405 g/mol. The topological polar surface area (TPSA) is 106 Å². The van der Waals surface area contributed by atoms with Gasteiger partial charge in [0.1, 0.15) is 17.1 Å². The van der Waals surface area contributed by atoms with Crippen LogP contribution < -0.4 is 5.32 Å². The summed E-state index contributed by atoms with van der Waals surface area (Å²) in [5.74, 6) is 0.659. The normalized spacial score (nSPS) is 10.7. The van der Waals surface area contributed by atoms with Gasteiger partial charge in [0.25, 0.3) is 5.91 Å². The summed E-state index contributed by atoms with van der Waals surface area (Å²) < 4.78 is 11.9. The highest BCUT2D eigenvalue weighted by Gasteiger charge is 2.23. The molecule has 4 rings (SSSR count). The maximum Gasteiger partial charge on any atom is 0.272 e. The molecule has 0 aliphatic heterocycles. The first-order valence-corrected chi connectivity index (χ1v) is 9.19. The van der Waals surface area contributed by atoms with E-state index in [1.807, 2.05) is 30.3 Å². The fourth-order valence-corrected chi connectivity index (χ4v) is 2.93. The van der Waals surface area contributed by atoms with Gasteiger partial charge in [-0.1, -0.05) is 23.4 Å². The SMILES string of the molecule is Cc1cc(NC(=O)CN(C)C(=O)c2cc(-c3ccco3)nn2-c2ccccc2)no1. The van der Waals surface area contributed by atoms with E-state index < -0.39 is 5.91 Å². The Morgan fingerprint density at radius 3 is 2.60 bits per heavy atom. The molecule has 3 heterocycles. The molecule has 3 aromatic heterocycles. The number of nitrogens with one attached hydrogen (secondary N) is 1. The number of hydrogen-bond acceptors (Lipinski definition) is 6. The highest BCUT2D eigenvalue weighted by Crippen LogP contribution is 2.23. The Balaban J connectivity index is 1.58. The number of benzene rings is 1. The van der Waals surface area contributed by atoms with Crippen molar-refractivity contribution < 1.29 is 18.5 Å². The lowest BCUT2D eigenvalue weighted by Gasteiger charge is -2.17. The van der Waals surface area contributed by atoms with E-state index in [1.165, 1.54) is 9.58 Å². The molecule has 2 amide bonds. The van der Waals surface area contributed by atoms with Gasteiger partial charge in [-0.15, -0.1) is 0 Å². The van der Waals surface area contributed by atoms with Crippen molar-refractivity contribution in [2.24, 2.45) is 0 Å². The molecule has 4 aromatic rings. The van der Waals surface area contributed by atoms with Gasteiger partial charge in [-0.05, 0) is 31.2 Å². The van der Waals surface area contributed by atoms with E-state index in [9.17, 15) is 9.59 Å². The monoisotopic (exact) mass is 405 g/mol. The van der Waals surface area contributed by atoms with Gasteiger partial charge in [-0.25, -0.2) is 4.68 Å². The maximum absolute atomic E-state index is 13.1. The molecule has 0 atom stereocenters. The molecule has 152 valence electrons. The Bertz CT molecular complexity index is 1160. The summed E-state index contributed by atoms with van der Waals surface area (Å²) in [6, 6.07) is 16.0. The van der Waals surface area contributed by atoms with Gasteiger partial charge in [-0.2, -0.15) is 5.10 Å². The molecule has 0 saturated carbocycles.